The van der Waals surface area contributed by atoms with E-state index in [0.29, 0.717) is 31.3 Å². The summed E-state index contributed by atoms with van der Waals surface area (Å²) >= 11 is 7.02. The second-order valence-corrected chi connectivity index (χ2v) is 8.18. The van der Waals surface area contributed by atoms with Gasteiger partial charge in [0.15, 0.2) is 11.5 Å². The van der Waals surface area contributed by atoms with Gasteiger partial charge in [0.2, 0.25) is 0 Å². The monoisotopic (exact) mass is 534 g/mol. The second kappa shape index (κ2) is 10.4. The number of nitrogens with zero attached hydrogens (tertiary/aromatic N) is 1. The minimum Gasteiger partial charge on any atom is -0.490 e. The molecule has 0 aliphatic heterocycles. The van der Waals surface area contributed by atoms with E-state index < -0.39 is 4.92 Å². The first-order valence-electron chi connectivity index (χ1n) is 9.27. The summed E-state index contributed by atoms with van der Waals surface area (Å²) in [5, 5.41) is 14.0. The number of halogens is 2. The first-order valence-corrected chi connectivity index (χ1v) is 10.9. The van der Waals surface area contributed by atoms with Gasteiger partial charge in [0.1, 0.15) is 6.61 Å². The van der Waals surface area contributed by atoms with E-state index >= 15 is 0 Å². The summed E-state index contributed by atoms with van der Waals surface area (Å²) in [5.41, 5.74) is 2.90. The van der Waals surface area contributed by atoms with Crippen LogP contribution >= 0.6 is 31.9 Å². The molecule has 0 amide bonds. The van der Waals surface area contributed by atoms with Crippen molar-refractivity contribution in [1.82, 2.24) is 0 Å². The number of ether oxygens (including phenoxy) is 2. The van der Waals surface area contributed by atoms with E-state index in [2.05, 4.69) is 37.2 Å². The molecular weight excluding hydrogens is 516 g/mol. The Balaban J connectivity index is 1.71. The lowest BCUT2D eigenvalue weighted by Crippen LogP contribution is -2.04. The van der Waals surface area contributed by atoms with Crippen LogP contribution in [-0.2, 0) is 13.2 Å². The van der Waals surface area contributed by atoms with Gasteiger partial charge in [-0.25, -0.2) is 0 Å². The number of anilines is 1. The lowest BCUT2D eigenvalue weighted by Gasteiger charge is -2.16. The Hall–Kier alpha value is -2.58. The normalized spacial score (nSPS) is 10.5. The number of rotatable bonds is 9. The molecule has 156 valence electrons. The van der Waals surface area contributed by atoms with Crippen LogP contribution in [0.3, 0.4) is 0 Å². The molecule has 0 saturated carbocycles. The standard InChI is InChI=1S/C22H20Br2N2O4/c1-2-29-21-12-16(13-25-18-7-9-19(10-8-18)26(27)28)11-20(24)22(21)30-14-15-3-5-17(23)6-4-15/h3-12,25H,2,13-14H2,1H3. The Morgan fingerprint density at radius 2 is 1.67 bits per heavy atom. The lowest BCUT2D eigenvalue weighted by atomic mass is 10.2. The van der Waals surface area contributed by atoms with Gasteiger partial charge in [0.25, 0.3) is 5.69 Å². The molecule has 3 aromatic rings. The predicted octanol–water partition coefficient (Wildman–Crippen LogP) is 6.71. The largest absolute Gasteiger partial charge is 0.490 e. The van der Waals surface area contributed by atoms with Crippen LogP contribution in [0, 0.1) is 10.1 Å². The Morgan fingerprint density at radius 3 is 2.30 bits per heavy atom. The third-order valence-electron chi connectivity index (χ3n) is 4.24. The summed E-state index contributed by atoms with van der Waals surface area (Å²) in [5.74, 6) is 1.31. The minimum atomic E-state index is -0.414. The summed E-state index contributed by atoms with van der Waals surface area (Å²) in [6, 6.07) is 18.2. The van der Waals surface area contributed by atoms with E-state index in [9.17, 15) is 10.1 Å². The fourth-order valence-corrected chi connectivity index (χ4v) is 3.64. The molecule has 0 aliphatic carbocycles. The molecule has 0 atom stereocenters. The molecule has 0 saturated heterocycles. The fourth-order valence-electron chi connectivity index (χ4n) is 2.77. The van der Waals surface area contributed by atoms with Gasteiger partial charge in [-0.05, 0) is 70.4 Å². The number of nitrogens with one attached hydrogen (secondary N) is 1. The van der Waals surface area contributed by atoms with Crippen molar-refractivity contribution >= 4 is 43.2 Å². The molecule has 0 spiro atoms. The fraction of sp³-hybridized carbons (Fsp3) is 0.182. The Bertz CT molecular complexity index is 1010. The predicted molar refractivity (Wildman–Crippen MR) is 124 cm³/mol. The molecule has 0 radical (unpaired) electrons. The van der Waals surface area contributed by atoms with Crippen LogP contribution in [-0.4, -0.2) is 11.5 Å². The summed E-state index contributed by atoms with van der Waals surface area (Å²) in [4.78, 5) is 10.4. The third kappa shape index (κ3) is 5.96. The molecule has 3 rings (SSSR count). The van der Waals surface area contributed by atoms with Crippen molar-refractivity contribution in [3.05, 3.63) is 90.9 Å². The molecule has 3 aromatic carbocycles. The number of non-ortho nitro benzene ring substituents is 1. The maximum Gasteiger partial charge on any atom is 0.269 e. The van der Waals surface area contributed by atoms with Gasteiger partial charge in [0, 0.05) is 28.8 Å². The van der Waals surface area contributed by atoms with Crippen LogP contribution in [0.5, 0.6) is 11.5 Å². The zero-order valence-electron chi connectivity index (χ0n) is 16.2. The average Bonchev–Trinajstić information content (AvgIpc) is 2.73. The van der Waals surface area contributed by atoms with Crippen LogP contribution in [0.2, 0.25) is 0 Å². The van der Waals surface area contributed by atoms with Crippen LogP contribution in [0.4, 0.5) is 11.4 Å². The molecule has 0 fully saturated rings. The first kappa shape index (κ1) is 22.1. The highest BCUT2D eigenvalue weighted by molar-refractivity contribution is 9.10. The molecule has 0 aromatic heterocycles. The third-order valence-corrected chi connectivity index (χ3v) is 5.36. The van der Waals surface area contributed by atoms with E-state index in [-0.39, 0.29) is 5.69 Å². The van der Waals surface area contributed by atoms with Gasteiger partial charge < -0.3 is 14.8 Å². The van der Waals surface area contributed by atoms with E-state index in [1.54, 1.807) is 12.1 Å². The first-order chi connectivity index (χ1) is 14.5. The Morgan fingerprint density at radius 1 is 0.967 bits per heavy atom. The quantitative estimate of drug-likeness (QED) is 0.243. The lowest BCUT2D eigenvalue weighted by molar-refractivity contribution is -0.384. The van der Waals surface area contributed by atoms with Crippen LogP contribution in [0.15, 0.2) is 69.6 Å². The van der Waals surface area contributed by atoms with Crippen molar-refractivity contribution in [1.29, 1.82) is 0 Å². The summed E-state index contributed by atoms with van der Waals surface area (Å²) < 4.78 is 13.6. The van der Waals surface area contributed by atoms with E-state index in [1.807, 2.05) is 43.3 Å². The maximum atomic E-state index is 10.8. The molecule has 0 heterocycles. The zero-order chi connectivity index (χ0) is 21.5. The highest BCUT2D eigenvalue weighted by atomic mass is 79.9. The van der Waals surface area contributed by atoms with Gasteiger partial charge in [-0.3, -0.25) is 10.1 Å². The highest BCUT2D eigenvalue weighted by Crippen LogP contribution is 2.37. The number of nitro groups is 1. The summed E-state index contributed by atoms with van der Waals surface area (Å²) in [6.07, 6.45) is 0. The Labute approximate surface area is 191 Å². The molecular formula is C22H20Br2N2O4. The average molecular weight is 536 g/mol. The van der Waals surface area contributed by atoms with Crippen molar-refractivity contribution in [3.63, 3.8) is 0 Å². The van der Waals surface area contributed by atoms with Crippen LogP contribution < -0.4 is 14.8 Å². The van der Waals surface area contributed by atoms with Crippen LogP contribution in [0.25, 0.3) is 0 Å². The van der Waals surface area contributed by atoms with Gasteiger partial charge in [-0.1, -0.05) is 28.1 Å². The van der Waals surface area contributed by atoms with Gasteiger partial charge in [0.05, 0.1) is 16.0 Å². The maximum absolute atomic E-state index is 10.8. The van der Waals surface area contributed by atoms with Crippen molar-refractivity contribution in [2.75, 3.05) is 11.9 Å². The van der Waals surface area contributed by atoms with Gasteiger partial charge in [-0.15, -0.1) is 0 Å². The number of nitro benzene ring substituents is 1. The SMILES string of the molecule is CCOc1cc(CNc2ccc([N+](=O)[O-])cc2)cc(Br)c1OCc1ccc(Br)cc1. The Kier molecular flexibility index (Phi) is 7.70. The smallest absolute Gasteiger partial charge is 0.269 e. The van der Waals surface area contributed by atoms with Gasteiger partial charge >= 0.3 is 0 Å². The number of hydrogen-bond acceptors (Lipinski definition) is 5. The van der Waals surface area contributed by atoms with Crippen molar-refractivity contribution in [3.8, 4) is 11.5 Å². The number of hydrogen-bond donors (Lipinski definition) is 1. The molecule has 30 heavy (non-hydrogen) atoms. The molecule has 1 N–H and O–H groups in total. The topological polar surface area (TPSA) is 73.6 Å². The van der Waals surface area contributed by atoms with Gasteiger partial charge in [-0.2, -0.15) is 0 Å². The number of benzene rings is 3. The summed E-state index contributed by atoms with van der Waals surface area (Å²) in [6.45, 7) is 3.39. The second-order valence-electron chi connectivity index (χ2n) is 6.41. The van der Waals surface area contributed by atoms with E-state index in [1.165, 1.54) is 12.1 Å². The van der Waals surface area contributed by atoms with Crippen molar-refractivity contribution in [2.45, 2.75) is 20.1 Å². The highest BCUT2D eigenvalue weighted by Gasteiger charge is 2.13. The molecule has 0 bridgehead atoms. The minimum absolute atomic E-state index is 0.0641. The van der Waals surface area contributed by atoms with E-state index in [0.717, 1.165) is 25.8 Å². The van der Waals surface area contributed by atoms with E-state index in [4.69, 9.17) is 9.47 Å². The van der Waals surface area contributed by atoms with Crippen molar-refractivity contribution in [2.24, 2.45) is 0 Å². The van der Waals surface area contributed by atoms with Crippen LogP contribution in [0.1, 0.15) is 18.1 Å². The molecule has 6 nitrogen and oxygen atoms in total. The molecule has 0 aliphatic rings. The summed E-state index contributed by atoms with van der Waals surface area (Å²) in [7, 11) is 0. The molecule has 8 heteroatoms. The van der Waals surface area contributed by atoms with Crippen molar-refractivity contribution < 1.29 is 14.4 Å². The zero-order valence-corrected chi connectivity index (χ0v) is 19.4. The molecule has 0 unspecified atom stereocenters.